The topological polar surface area (TPSA) is 68.3 Å². The number of carbonyl (C=O) groups is 2. The van der Waals surface area contributed by atoms with Crippen LogP contribution in [0, 0.1) is 6.92 Å². The first-order valence-corrected chi connectivity index (χ1v) is 8.02. The summed E-state index contributed by atoms with van der Waals surface area (Å²) in [6.07, 6.45) is -0.328. The van der Waals surface area contributed by atoms with Gasteiger partial charge in [-0.15, -0.1) is 0 Å². The van der Waals surface area contributed by atoms with Crippen LogP contribution in [0.4, 0.5) is 4.79 Å². The van der Waals surface area contributed by atoms with E-state index in [1.54, 1.807) is 29.9 Å². The van der Waals surface area contributed by atoms with E-state index in [4.69, 9.17) is 14.2 Å². The molecule has 0 aliphatic carbocycles. The standard InChI is InChI=1S/C17H24N2O5/c1-4-23-17(21)19-9-7-18(8-10-19)16(20)12-24-14-6-5-13(2)11-15(14)22-3/h5-6,11H,4,7-10,12H2,1-3H3. The Labute approximate surface area is 142 Å². The molecule has 1 aliphatic rings. The lowest BCUT2D eigenvalue weighted by Crippen LogP contribution is -2.51. The maximum absolute atomic E-state index is 12.3. The molecule has 1 heterocycles. The first-order valence-electron chi connectivity index (χ1n) is 8.02. The largest absolute Gasteiger partial charge is 0.493 e. The van der Waals surface area contributed by atoms with Crippen LogP contribution < -0.4 is 9.47 Å². The van der Waals surface area contributed by atoms with E-state index in [1.165, 1.54) is 0 Å². The van der Waals surface area contributed by atoms with Crippen LogP contribution in [-0.2, 0) is 9.53 Å². The van der Waals surface area contributed by atoms with Gasteiger partial charge in [-0.3, -0.25) is 4.79 Å². The number of benzene rings is 1. The van der Waals surface area contributed by atoms with E-state index in [-0.39, 0.29) is 18.6 Å². The number of carbonyl (C=O) groups excluding carboxylic acids is 2. The summed E-state index contributed by atoms with van der Waals surface area (Å²) in [5.41, 5.74) is 1.06. The molecule has 0 bridgehead atoms. The van der Waals surface area contributed by atoms with Gasteiger partial charge in [0.2, 0.25) is 0 Å². The van der Waals surface area contributed by atoms with E-state index >= 15 is 0 Å². The molecule has 0 radical (unpaired) electrons. The molecule has 0 N–H and O–H groups in total. The van der Waals surface area contributed by atoms with Gasteiger partial charge in [0.05, 0.1) is 13.7 Å². The second-order valence-electron chi connectivity index (χ2n) is 5.51. The fraction of sp³-hybridized carbons (Fsp3) is 0.529. The zero-order chi connectivity index (χ0) is 17.5. The Balaban J connectivity index is 1.83. The van der Waals surface area contributed by atoms with Crippen LogP contribution in [-0.4, -0.2) is 68.3 Å². The molecule has 2 amide bonds. The maximum atomic E-state index is 12.3. The molecule has 2 rings (SSSR count). The van der Waals surface area contributed by atoms with Crippen molar-refractivity contribution in [1.29, 1.82) is 0 Å². The minimum absolute atomic E-state index is 0.0567. The molecule has 1 fully saturated rings. The molecule has 7 heteroatoms. The number of rotatable bonds is 5. The Bertz CT molecular complexity index is 582. The fourth-order valence-corrected chi connectivity index (χ4v) is 2.48. The monoisotopic (exact) mass is 336 g/mol. The van der Waals surface area contributed by atoms with Gasteiger partial charge in [0.1, 0.15) is 0 Å². The number of hydrogen-bond donors (Lipinski definition) is 0. The third kappa shape index (κ3) is 4.53. The fourth-order valence-electron chi connectivity index (χ4n) is 2.48. The number of nitrogens with zero attached hydrogens (tertiary/aromatic N) is 2. The molecule has 0 aromatic heterocycles. The molecular weight excluding hydrogens is 312 g/mol. The van der Waals surface area contributed by atoms with Crippen LogP contribution in [0.25, 0.3) is 0 Å². The SMILES string of the molecule is CCOC(=O)N1CCN(C(=O)COc2ccc(C)cc2OC)CC1. The maximum Gasteiger partial charge on any atom is 0.409 e. The van der Waals surface area contributed by atoms with Crippen molar-refractivity contribution in [3.63, 3.8) is 0 Å². The van der Waals surface area contributed by atoms with Crippen molar-refractivity contribution in [2.45, 2.75) is 13.8 Å². The quantitative estimate of drug-likeness (QED) is 0.818. The zero-order valence-electron chi connectivity index (χ0n) is 14.4. The first-order chi connectivity index (χ1) is 11.5. The Morgan fingerprint density at radius 1 is 1.08 bits per heavy atom. The highest BCUT2D eigenvalue weighted by Crippen LogP contribution is 2.27. The lowest BCUT2D eigenvalue weighted by atomic mass is 10.2. The van der Waals surface area contributed by atoms with Gasteiger partial charge >= 0.3 is 6.09 Å². The Kier molecular flexibility index (Phi) is 6.28. The van der Waals surface area contributed by atoms with Crippen molar-refractivity contribution < 1.29 is 23.8 Å². The average molecular weight is 336 g/mol. The summed E-state index contributed by atoms with van der Waals surface area (Å²) in [6.45, 7) is 5.92. The minimum atomic E-state index is -0.328. The highest BCUT2D eigenvalue weighted by molar-refractivity contribution is 5.78. The lowest BCUT2D eigenvalue weighted by Gasteiger charge is -2.34. The van der Waals surface area contributed by atoms with E-state index in [9.17, 15) is 9.59 Å². The van der Waals surface area contributed by atoms with Gasteiger partial charge in [0.15, 0.2) is 18.1 Å². The molecule has 24 heavy (non-hydrogen) atoms. The van der Waals surface area contributed by atoms with Crippen LogP contribution in [0.1, 0.15) is 12.5 Å². The Hall–Kier alpha value is -2.44. The van der Waals surface area contributed by atoms with Crippen LogP contribution in [0.3, 0.4) is 0 Å². The Morgan fingerprint density at radius 2 is 1.75 bits per heavy atom. The number of amides is 2. The van der Waals surface area contributed by atoms with E-state index < -0.39 is 0 Å². The predicted molar refractivity (Wildman–Crippen MR) is 88.4 cm³/mol. The third-order valence-electron chi connectivity index (χ3n) is 3.83. The summed E-state index contributed by atoms with van der Waals surface area (Å²) in [4.78, 5) is 27.2. The average Bonchev–Trinajstić information content (AvgIpc) is 2.60. The van der Waals surface area contributed by atoms with Crippen molar-refractivity contribution in [1.82, 2.24) is 9.80 Å². The molecule has 1 aliphatic heterocycles. The van der Waals surface area contributed by atoms with E-state index in [0.29, 0.717) is 44.3 Å². The summed E-state index contributed by atoms with van der Waals surface area (Å²) >= 11 is 0. The smallest absolute Gasteiger partial charge is 0.409 e. The van der Waals surface area contributed by atoms with Crippen LogP contribution in [0.15, 0.2) is 18.2 Å². The van der Waals surface area contributed by atoms with Crippen LogP contribution in [0.2, 0.25) is 0 Å². The van der Waals surface area contributed by atoms with E-state index in [2.05, 4.69) is 0 Å². The third-order valence-corrected chi connectivity index (χ3v) is 3.83. The van der Waals surface area contributed by atoms with Crippen molar-refractivity contribution in [3.8, 4) is 11.5 Å². The van der Waals surface area contributed by atoms with Crippen molar-refractivity contribution in [2.75, 3.05) is 46.5 Å². The molecular formula is C17H24N2O5. The molecule has 132 valence electrons. The van der Waals surface area contributed by atoms with Crippen molar-refractivity contribution in [3.05, 3.63) is 23.8 Å². The normalized spacial score (nSPS) is 14.3. The highest BCUT2D eigenvalue weighted by Gasteiger charge is 2.25. The van der Waals surface area contributed by atoms with E-state index in [0.717, 1.165) is 5.56 Å². The summed E-state index contributed by atoms with van der Waals surface area (Å²) < 4.78 is 15.8. The number of ether oxygens (including phenoxy) is 3. The van der Waals surface area contributed by atoms with Crippen molar-refractivity contribution in [2.24, 2.45) is 0 Å². The van der Waals surface area contributed by atoms with Gasteiger partial charge in [-0.25, -0.2) is 4.79 Å². The highest BCUT2D eigenvalue weighted by atomic mass is 16.6. The summed E-state index contributed by atoms with van der Waals surface area (Å²) in [6, 6.07) is 5.55. The van der Waals surface area contributed by atoms with Gasteiger partial charge in [0, 0.05) is 26.2 Å². The lowest BCUT2D eigenvalue weighted by molar-refractivity contribution is -0.135. The summed E-state index contributed by atoms with van der Waals surface area (Å²) in [5, 5.41) is 0. The summed E-state index contributed by atoms with van der Waals surface area (Å²) in [5.74, 6) is 1.04. The second kappa shape index (κ2) is 8.42. The second-order valence-corrected chi connectivity index (χ2v) is 5.51. The molecule has 0 spiro atoms. The number of methoxy groups -OCH3 is 1. The molecule has 0 saturated carbocycles. The molecule has 0 unspecified atom stereocenters. The van der Waals surface area contributed by atoms with Crippen LogP contribution in [0.5, 0.6) is 11.5 Å². The molecule has 0 atom stereocenters. The molecule has 1 saturated heterocycles. The van der Waals surface area contributed by atoms with Crippen LogP contribution >= 0.6 is 0 Å². The molecule has 7 nitrogen and oxygen atoms in total. The van der Waals surface area contributed by atoms with Gasteiger partial charge in [-0.1, -0.05) is 6.07 Å². The van der Waals surface area contributed by atoms with Gasteiger partial charge in [-0.2, -0.15) is 0 Å². The summed E-state index contributed by atoms with van der Waals surface area (Å²) in [7, 11) is 1.57. The minimum Gasteiger partial charge on any atom is -0.493 e. The van der Waals surface area contributed by atoms with Crippen molar-refractivity contribution >= 4 is 12.0 Å². The Morgan fingerprint density at radius 3 is 2.38 bits per heavy atom. The van der Waals surface area contributed by atoms with Gasteiger partial charge in [-0.05, 0) is 31.5 Å². The molecule has 1 aromatic carbocycles. The van der Waals surface area contributed by atoms with Gasteiger partial charge in [0.25, 0.3) is 5.91 Å². The number of hydrogen-bond acceptors (Lipinski definition) is 5. The zero-order valence-corrected chi connectivity index (χ0v) is 14.4. The van der Waals surface area contributed by atoms with E-state index in [1.807, 2.05) is 19.1 Å². The first kappa shape index (κ1) is 17.9. The molecule has 1 aromatic rings. The predicted octanol–water partition coefficient (Wildman–Crippen LogP) is 1.68. The van der Waals surface area contributed by atoms with Gasteiger partial charge < -0.3 is 24.0 Å². The number of piperazine rings is 1. The number of aryl methyl sites for hydroxylation is 1.